The Labute approximate surface area is 103 Å². The average Bonchev–Trinajstić information content (AvgIpc) is 2.25. The maximum atomic E-state index is 11.0. The Kier molecular flexibility index (Phi) is 4.52. The molecule has 16 heavy (non-hydrogen) atoms. The van der Waals surface area contributed by atoms with Crippen LogP contribution < -0.4 is 4.74 Å². The molecule has 0 bridgehead atoms. The third-order valence-corrected chi connectivity index (χ3v) is 2.16. The maximum Gasteiger partial charge on any atom is 0.252 e. The average molecular weight is 259 g/mol. The van der Waals surface area contributed by atoms with E-state index in [0.29, 0.717) is 5.75 Å². The fourth-order valence-electron chi connectivity index (χ4n) is 1.06. The number of rotatable bonds is 5. The predicted octanol–water partition coefficient (Wildman–Crippen LogP) is 3.01. The molecule has 0 amide bonds. The molecule has 1 aromatic carbocycles. The van der Waals surface area contributed by atoms with Crippen LogP contribution in [0.5, 0.6) is 5.75 Å². The van der Waals surface area contributed by atoms with Gasteiger partial charge in [0.25, 0.3) is 10.5 Å². The van der Waals surface area contributed by atoms with E-state index in [1.807, 2.05) is 0 Å². The van der Waals surface area contributed by atoms with E-state index in [0.717, 1.165) is 0 Å². The number of carbonyl (C=O) groups excluding carboxylic acids is 2. The van der Waals surface area contributed by atoms with Crippen LogP contribution in [0.4, 0.5) is 0 Å². The van der Waals surface area contributed by atoms with E-state index in [9.17, 15) is 9.59 Å². The molecule has 0 radical (unpaired) electrons. The van der Waals surface area contributed by atoms with E-state index in [4.69, 9.17) is 27.9 Å². The standard InChI is InChI=1S/C11H8Cl2O3/c1-2-3-16-9-5-7(10(12)14)4-8(6-9)11(13)15/h2,4-6H,1,3H2. The number of hydrogen-bond acceptors (Lipinski definition) is 3. The van der Waals surface area contributed by atoms with E-state index in [1.54, 1.807) is 0 Å². The lowest BCUT2D eigenvalue weighted by Gasteiger charge is -2.06. The zero-order valence-electron chi connectivity index (χ0n) is 8.20. The van der Waals surface area contributed by atoms with Crippen molar-refractivity contribution >= 4 is 33.7 Å². The van der Waals surface area contributed by atoms with Crippen molar-refractivity contribution in [1.29, 1.82) is 0 Å². The molecule has 0 saturated carbocycles. The number of hydrogen-bond donors (Lipinski definition) is 0. The highest BCUT2D eigenvalue weighted by molar-refractivity contribution is 6.69. The third kappa shape index (κ3) is 3.36. The molecule has 1 rings (SSSR count). The molecule has 0 aliphatic rings. The molecule has 1 aromatic rings. The minimum absolute atomic E-state index is 0.159. The van der Waals surface area contributed by atoms with Gasteiger partial charge in [-0.1, -0.05) is 12.7 Å². The van der Waals surface area contributed by atoms with Crippen molar-refractivity contribution in [3.8, 4) is 5.75 Å². The van der Waals surface area contributed by atoms with Crippen LogP contribution in [-0.2, 0) is 0 Å². The van der Waals surface area contributed by atoms with Gasteiger partial charge in [-0.25, -0.2) is 0 Å². The van der Waals surface area contributed by atoms with Crippen molar-refractivity contribution in [2.45, 2.75) is 0 Å². The first kappa shape index (κ1) is 12.7. The van der Waals surface area contributed by atoms with Crippen LogP contribution in [0, 0.1) is 0 Å². The van der Waals surface area contributed by atoms with Gasteiger partial charge in [0.2, 0.25) is 0 Å². The Balaban J connectivity index is 3.13. The van der Waals surface area contributed by atoms with Gasteiger partial charge in [0.05, 0.1) is 0 Å². The van der Waals surface area contributed by atoms with Crippen LogP contribution in [-0.4, -0.2) is 17.1 Å². The SMILES string of the molecule is C=CCOc1cc(C(=O)Cl)cc(C(=O)Cl)c1. The molecule has 5 heteroatoms. The Hall–Kier alpha value is -1.32. The third-order valence-electron chi connectivity index (χ3n) is 1.73. The minimum Gasteiger partial charge on any atom is -0.490 e. The molecule has 0 aliphatic carbocycles. The minimum atomic E-state index is -0.678. The summed E-state index contributed by atoms with van der Waals surface area (Å²) in [4.78, 5) is 22.0. The summed E-state index contributed by atoms with van der Waals surface area (Å²) in [5, 5.41) is -1.36. The van der Waals surface area contributed by atoms with Crippen molar-refractivity contribution in [2.75, 3.05) is 6.61 Å². The molecular weight excluding hydrogens is 251 g/mol. The van der Waals surface area contributed by atoms with E-state index < -0.39 is 10.5 Å². The molecule has 84 valence electrons. The largest absolute Gasteiger partial charge is 0.490 e. The molecule has 0 aliphatic heterocycles. The van der Waals surface area contributed by atoms with Crippen molar-refractivity contribution in [1.82, 2.24) is 0 Å². The summed E-state index contributed by atoms with van der Waals surface area (Å²) in [6.45, 7) is 3.74. The van der Waals surface area contributed by atoms with E-state index in [2.05, 4.69) is 6.58 Å². The number of benzene rings is 1. The van der Waals surface area contributed by atoms with Crippen LogP contribution in [0.2, 0.25) is 0 Å². The van der Waals surface area contributed by atoms with Crippen molar-refractivity contribution < 1.29 is 14.3 Å². The second-order valence-electron chi connectivity index (χ2n) is 2.89. The van der Waals surface area contributed by atoms with Crippen molar-refractivity contribution in [3.05, 3.63) is 42.0 Å². The van der Waals surface area contributed by atoms with Gasteiger partial charge in [-0.3, -0.25) is 9.59 Å². The lowest BCUT2D eigenvalue weighted by atomic mass is 10.1. The van der Waals surface area contributed by atoms with Crippen molar-refractivity contribution in [3.63, 3.8) is 0 Å². The zero-order chi connectivity index (χ0) is 12.1. The first-order valence-electron chi connectivity index (χ1n) is 4.33. The highest BCUT2D eigenvalue weighted by atomic mass is 35.5. The summed E-state index contributed by atoms with van der Waals surface area (Å²) in [5.74, 6) is 0.343. The van der Waals surface area contributed by atoms with Gasteiger partial charge in [-0.2, -0.15) is 0 Å². The molecule has 0 spiro atoms. The number of halogens is 2. The summed E-state index contributed by atoms with van der Waals surface area (Å²) in [5.41, 5.74) is 0.319. The number of carbonyl (C=O) groups is 2. The molecule has 0 unspecified atom stereocenters. The molecule has 3 nitrogen and oxygen atoms in total. The Morgan fingerprint density at radius 2 is 1.69 bits per heavy atom. The zero-order valence-corrected chi connectivity index (χ0v) is 9.72. The van der Waals surface area contributed by atoms with Gasteiger partial charge in [-0.05, 0) is 41.4 Å². The van der Waals surface area contributed by atoms with Gasteiger partial charge < -0.3 is 4.74 Å². The summed E-state index contributed by atoms with van der Waals surface area (Å²) < 4.78 is 5.20. The first-order chi connectivity index (χ1) is 7.54. The van der Waals surface area contributed by atoms with Gasteiger partial charge in [-0.15, -0.1) is 0 Å². The fraction of sp³-hybridized carbons (Fsp3) is 0.0909. The van der Waals surface area contributed by atoms with E-state index in [1.165, 1.54) is 24.3 Å². The van der Waals surface area contributed by atoms with Gasteiger partial charge >= 0.3 is 0 Å². The Morgan fingerprint density at radius 1 is 1.19 bits per heavy atom. The highest BCUT2D eigenvalue weighted by Crippen LogP contribution is 2.20. The molecule has 0 fully saturated rings. The highest BCUT2D eigenvalue weighted by Gasteiger charge is 2.10. The van der Waals surface area contributed by atoms with Crippen LogP contribution in [0.25, 0.3) is 0 Å². The van der Waals surface area contributed by atoms with Crippen molar-refractivity contribution in [2.24, 2.45) is 0 Å². The maximum absolute atomic E-state index is 11.0. The first-order valence-corrected chi connectivity index (χ1v) is 5.08. The van der Waals surface area contributed by atoms with Crippen LogP contribution in [0.1, 0.15) is 20.7 Å². The van der Waals surface area contributed by atoms with Crippen LogP contribution >= 0.6 is 23.2 Å². The molecule has 0 aromatic heterocycles. The lowest BCUT2D eigenvalue weighted by molar-refractivity contribution is 0.108. The molecule has 0 heterocycles. The monoisotopic (exact) mass is 258 g/mol. The smallest absolute Gasteiger partial charge is 0.252 e. The normalized spacial score (nSPS) is 9.62. The molecular formula is C11H8Cl2O3. The Bertz CT molecular complexity index is 409. The fourth-order valence-corrected chi connectivity index (χ4v) is 1.28. The second kappa shape index (κ2) is 5.68. The predicted molar refractivity (Wildman–Crippen MR) is 62.5 cm³/mol. The second-order valence-corrected chi connectivity index (χ2v) is 3.58. The van der Waals surface area contributed by atoms with Gasteiger partial charge in [0, 0.05) is 11.1 Å². The summed E-state index contributed by atoms with van der Waals surface area (Å²) in [7, 11) is 0. The lowest BCUT2D eigenvalue weighted by Crippen LogP contribution is -1.99. The van der Waals surface area contributed by atoms with E-state index >= 15 is 0 Å². The summed E-state index contributed by atoms with van der Waals surface area (Å²) in [6.07, 6.45) is 1.54. The number of ether oxygens (including phenoxy) is 1. The molecule has 0 saturated heterocycles. The molecule has 0 atom stereocenters. The topological polar surface area (TPSA) is 43.4 Å². The quantitative estimate of drug-likeness (QED) is 0.603. The summed E-state index contributed by atoms with van der Waals surface area (Å²) in [6, 6.07) is 4.18. The molecule has 0 N–H and O–H groups in total. The summed E-state index contributed by atoms with van der Waals surface area (Å²) >= 11 is 10.6. The Morgan fingerprint density at radius 3 is 2.06 bits per heavy atom. The van der Waals surface area contributed by atoms with Gasteiger partial charge in [0.1, 0.15) is 12.4 Å². The van der Waals surface area contributed by atoms with Gasteiger partial charge in [0.15, 0.2) is 0 Å². The van der Waals surface area contributed by atoms with E-state index in [-0.39, 0.29) is 17.7 Å². The van der Waals surface area contributed by atoms with Crippen LogP contribution in [0.15, 0.2) is 30.9 Å². The van der Waals surface area contributed by atoms with Crippen LogP contribution in [0.3, 0.4) is 0 Å².